The van der Waals surface area contributed by atoms with Gasteiger partial charge < -0.3 is 19.8 Å². The first-order valence-corrected chi connectivity index (χ1v) is 6.06. The Morgan fingerprint density at radius 2 is 2.11 bits per heavy atom. The Labute approximate surface area is 109 Å². The monoisotopic (exact) mass is 262 g/mol. The predicted octanol–water partition coefficient (Wildman–Crippen LogP) is 0.467. The number of fused-ring (bicyclic) bond motifs is 1. The Balaban J connectivity index is 2.13. The van der Waals surface area contributed by atoms with E-state index >= 15 is 0 Å². The maximum absolute atomic E-state index is 11.2. The number of furan rings is 1. The summed E-state index contributed by atoms with van der Waals surface area (Å²) in [6, 6.07) is 1.55. The van der Waals surface area contributed by atoms with Gasteiger partial charge in [-0.05, 0) is 6.92 Å². The summed E-state index contributed by atoms with van der Waals surface area (Å²) >= 11 is 0. The summed E-state index contributed by atoms with van der Waals surface area (Å²) in [5, 5.41) is 0. The highest BCUT2D eigenvalue weighted by atomic mass is 16.5. The van der Waals surface area contributed by atoms with Crippen LogP contribution in [0.1, 0.15) is 16.4 Å². The van der Waals surface area contributed by atoms with Crippen LogP contribution in [0.4, 0.5) is 5.82 Å². The lowest BCUT2D eigenvalue weighted by Gasteiger charge is -2.27. The van der Waals surface area contributed by atoms with Crippen LogP contribution in [0.15, 0.2) is 10.5 Å². The second kappa shape index (κ2) is 4.51. The molecule has 7 nitrogen and oxygen atoms in total. The Kier molecular flexibility index (Phi) is 2.83. The summed E-state index contributed by atoms with van der Waals surface area (Å²) in [5.74, 6) is 0.817. The van der Waals surface area contributed by atoms with E-state index in [2.05, 4.69) is 14.9 Å². The number of hydrogen-bond acceptors (Lipinski definition) is 6. The minimum atomic E-state index is -0.608. The molecule has 3 rings (SSSR count). The van der Waals surface area contributed by atoms with Crippen LogP contribution in [0.5, 0.6) is 0 Å². The van der Waals surface area contributed by atoms with Crippen molar-refractivity contribution in [1.82, 2.24) is 9.97 Å². The lowest BCUT2D eigenvalue weighted by molar-refractivity contribution is 0.0976. The van der Waals surface area contributed by atoms with Crippen LogP contribution >= 0.6 is 0 Å². The van der Waals surface area contributed by atoms with Crippen LogP contribution in [0.2, 0.25) is 0 Å². The molecule has 1 aliphatic heterocycles. The average molecular weight is 262 g/mol. The van der Waals surface area contributed by atoms with Crippen molar-refractivity contribution in [2.45, 2.75) is 6.92 Å². The number of morpholine rings is 1. The Bertz CT molecular complexity index is 631. The number of aryl methyl sites for hydroxylation is 1. The van der Waals surface area contributed by atoms with Gasteiger partial charge in [0.1, 0.15) is 11.3 Å². The molecule has 0 bridgehead atoms. The largest absolute Gasteiger partial charge is 0.445 e. The van der Waals surface area contributed by atoms with E-state index in [1.807, 2.05) is 0 Å². The molecule has 19 heavy (non-hydrogen) atoms. The van der Waals surface area contributed by atoms with Gasteiger partial charge in [-0.25, -0.2) is 9.97 Å². The summed E-state index contributed by atoms with van der Waals surface area (Å²) in [6.07, 6.45) is 0. The molecule has 0 atom stereocenters. The number of carbonyl (C=O) groups excluding carboxylic acids is 1. The van der Waals surface area contributed by atoms with Gasteiger partial charge in [0.15, 0.2) is 17.2 Å². The third-order valence-electron chi connectivity index (χ3n) is 3.02. The second-order valence-electron chi connectivity index (χ2n) is 4.38. The molecule has 0 aliphatic carbocycles. The summed E-state index contributed by atoms with van der Waals surface area (Å²) in [4.78, 5) is 21.9. The number of nitrogens with zero attached hydrogens (tertiary/aromatic N) is 3. The van der Waals surface area contributed by atoms with E-state index in [9.17, 15) is 4.79 Å². The first kappa shape index (κ1) is 11.9. The molecule has 100 valence electrons. The van der Waals surface area contributed by atoms with Crippen LogP contribution in [-0.2, 0) is 4.74 Å². The standard InChI is InChI=1S/C12H14N4O3/c1-7-14-8-6-9(11(13)17)19-10(8)12(15-7)16-2-4-18-5-3-16/h6H,2-5H2,1H3,(H2,13,17). The zero-order chi connectivity index (χ0) is 13.4. The van der Waals surface area contributed by atoms with Gasteiger partial charge in [0, 0.05) is 19.2 Å². The van der Waals surface area contributed by atoms with Crippen molar-refractivity contribution in [3.8, 4) is 0 Å². The van der Waals surface area contributed by atoms with Crippen molar-refractivity contribution in [3.63, 3.8) is 0 Å². The average Bonchev–Trinajstić information content (AvgIpc) is 2.82. The van der Waals surface area contributed by atoms with Crippen molar-refractivity contribution >= 4 is 22.8 Å². The van der Waals surface area contributed by atoms with Crippen molar-refractivity contribution < 1.29 is 13.9 Å². The zero-order valence-corrected chi connectivity index (χ0v) is 10.5. The highest BCUT2D eigenvalue weighted by Crippen LogP contribution is 2.27. The normalized spacial score (nSPS) is 15.9. The summed E-state index contributed by atoms with van der Waals surface area (Å²) in [6.45, 7) is 4.57. The molecule has 1 aliphatic rings. The van der Waals surface area contributed by atoms with Crippen molar-refractivity contribution in [2.24, 2.45) is 5.73 Å². The number of carbonyl (C=O) groups is 1. The van der Waals surface area contributed by atoms with Gasteiger partial charge in [-0.1, -0.05) is 0 Å². The number of nitrogens with two attached hydrogens (primary N) is 1. The van der Waals surface area contributed by atoms with Crippen molar-refractivity contribution in [2.75, 3.05) is 31.2 Å². The highest BCUT2D eigenvalue weighted by Gasteiger charge is 2.21. The van der Waals surface area contributed by atoms with E-state index in [-0.39, 0.29) is 5.76 Å². The molecule has 0 spiro atoms. The number of rotatable bonds is 2. The molecule has 1 amide bonds. The molecule has 7 heteroatoms. The quantitative estimate of drug-likeness (QED) is 0.845. The number of anilines is 1. The molecule has 1 fully saturated rings. The van der Waals surface area contributed by atoms with Crippen LogP contribution in [0, 0.1) is 6.92 Å². The molecule has 1 saturated heterocycles. The van der Waals surface area contributed by atoms with E-state index in [4.69, 9.17) is 14.9 Å². The van der Waals surface area contributed by atoms with Crippen LogP contribution in [0.25, 0.3) is 11.1 Å². The lowest BCUT2D eigenvalue weighted by Crippen LogP contribution is -2.37. The SMILES string of the molecule is Cc1nc(N2CCOCC2)c2oc(C(N)=O)cc2n1. The predicted molar refractivity (Wildman–Crippen MR) is 68.1 cm³/mol. The van der Waals surface area contributed by atoms with Gasteiger partial charge in [0.2, 0.25) is 0 Å². The molecule has 2 aromatic heterocycles. The molecule has 0 aromatic carbocycles. The summed E-state index contributed by atoms with van der Waals surface area (Å²) in [7, 11) is 0. The van der Waals surface area contributed by atoms with E-state index in [0.717, 1.165) is 13.1 Å². The van der Waals surface area contributed by atoms with Gasteiger partial charge in [0.25, 0.3) is 5.91 Å². The lowest BCUT2D eigenvalue weighted by atomic mass is 10.3. The smallest absolute Gasteiger partial charge is 0.284 e. The fraction of sp³-hybridized carbons (Fsp3) is 0.417. The molecule has 0 unspecified atom stereocenters. The van der Waals surface area contributed by atoms with Gasteiger partial charge >= 0.3 is 0 Å². The van der Waals surface area contributed by atoms with E-state index < -0.39 is 5.91 Å². The molecule has 3 heterocycles. The van der Waals surface area contributed by atoms with Gasteiger partial charge in [-0.3, -0.25) is 4.79 Å². The maximum atomic E-state index is 11.2. The number of amides is 1. The number of aromatic nitrogens is 2. The number of hydrogen-bond donors (Lipinski definition) is 1. The molecule has 2 aromatic rings. The third kappa shape index (κ3) is 2.12. The van der Waals surface area contributed by atoms with E-state index in [1.165, 1.54) is 0 Å². The first-order chi connectivity index (χ1) is 9.15. The minimum Gasteiger partial charge on any atom is -0.445 e. The fourth-order valence-corrected chi connectivity index (χ4v) is 2.14. The molecular weight excluding hydrogens is 248 g/mol. The molecule has 0 saturated carbocycles. The Hall–Kier alpha value is -2.15. The van der Waals surface area contributed by atoms with E-state index in [0.29, 0.717) is 36.0 Å². The van der Waals surface area contributed by atoms with Crippen LogP contribution in [0.3, 0.4) is 0 Å². The van der Waals surface area contributed by atoms with Crippen LogP contribution in [-0.4, -0.2) is 42.2 Å². The summed E-state index contributed by atoms with van der Waals surface area (Å²) < 4.78 is 10.8. The molecular formula is C12H14N4O3. The van der Waals surface area contributed by atoms with Crippen molar-refractivity contribution in [3.05, 3.63) is 17.7 Å². The Morgan fingerprint density at radius 1 is 1.37 bits per heavy atom. The number of ether oxygens (including phenoxy) is 1. The first-order valence-electron chi connectivity index (χ1n) is 6.06. The fourth-order valence-electron chi connectivity index (χ4n) is 2.14. The van der Waals surface area contributed by atoms with Gasteiger partial charge in [-0.15, -0.1) is 0 Å². The van der Waals surface area contributed by atoms with E-state index in [1.54, 1.807) is 13.0 Å². The minimum absolute atomic E-state index is 0.101. The maximum Gasteiger partial charge on any atom is 0.284 e. The second-order valence-corrected chi connectivity index (χ2v) is 4.38. The van der Waals surface area contributed by atoms with Crippen molar-refractivity contribution in [1.29, 1.82) is 0 Å². The third-order valence-corrected chi connectivity index (χ3v) is 3.02. The zero-order valence-electron chi connectivity index (χ0n) is 10.5. The Morgan fingerprint density at radius 3 is 2.79 bits per heavy atom. The van der Waals surface area contributed by atoms with Gasteiger partial charge in [-0.2, -0.15) is 0 Å². The number of primary amides is 1. The molecule has 2 N–H and O–H groups in total. The summed E-state index contributed by atoms with van der Waals surface area (Å²) in [5.41, 5.74) is 6.33. The topological polar surface area (TPSA) is 94.5 Å². The highest BCUT2D eigenvalue weighted by molar-refractivity contribution is 5.96. The molecule has 0 radical (unpaired) electrons. The van der Waals surface area contributed by atoms with Gasteiger partial charge in [0.05, 0.1) is 13.2 Å². The van der Waals surface area contributed by atoms with Crippen LogP contribution < -0.4 is 10.6 Å².